The molecule has 156 valence electrons. The predicted molar refractivity (Wildman–Crippen MR) is 104 cm³/mol. The summed E-state index contributed by atoms with van der Waals surface area (Å²) in [6, 6.07) is 1.20. The van der Waals surface area contributed by atoms with Crippen molar-refractivity contribution in [3.8, 4) is 5.75 Å². The maximum absolute atomic E-state index is 15.2. The van der Waals surface area contributed by atoms with Crippen molar-refractivity contribution in [2.75, 3.05) is 24.7 Å². The maximum Gasteiger partial charge on any atom is 0.511 e. The van der Waals surface area contributed by atoms with Crippen LogP contribution in [0.25, 0.3) is 10.9 Å². The van der Waals surface area contributed by atoms with E-state index in [0.717, 1.165) is 18.9 Å². The predicted octanol–water partition coefficient (Wildman–Crippen LogP) is 2.96. The van der Waals surface area contributed by atoms with Crippen LogP contribution in [0.1, 0.15) is 31.4 Å². The highest BCUT2D eigenvalue weighted by Gasteiger charge is 2.41. The lowest BCUT2D eigenvalue weighted by molar-refractivity contribution is 0.143. The Morgan fingerprint density at radius 2 is 2.14 bits per heavy atom. The van der Waals surface area contributed by atoms with Crippen LogP contribution in [0.15, 0.2) is 17.1 Å². The van der Waals surface area contributed by atoms with Gasteiger partial charge in [0, 0.05) is 30.6 Å². The van der Waals surface area contributed by atoms with E-state index in [4.69, 9.17) is 10.8 Å². The number of nitrogens with zero attached hydrogens (tertiary/aromatic N) is 2. The topological polar surface area (TPSA) is 97.8 Å². The fourth-order valence-corrected chi connectivity index (χ4v) is 4.32. The third kappa shape index (κ3) is 3.23. The number of anilines is 1. The monoisotopic (exact) mass is 407 g/mol. The Morgan fingerprint density at radius 1 is 1.45 bits per heavy atom. The normalized spacial score (nSPS) is 24.3. The number of aromatic nitrogens is 1. The van der Waals surface area contributed by atoms with Crippen LogP contribution in [0.4, 0.5) is 19.3 Å². The number of benzene rings is 1. The van der Waals surface area contributed by atoms with Crippen LogP contribution in [-0.4, -0.2) is 41.1 Å². The summed E-state index contributed by atoms with van der Waals surface area (Å²) >= 11 is 0. The smallest absolute Gasteiger partial charge is 0.449 e. The Kier molecular flexibility index (Phi) is 4.53. The van der Waals surface area contributed by atoms with E-state index in [1.165, 1.54) is 6.20 Å². The summed E-state index contributed by atoms with van der Waals surface area (Å²) in [4.78, 5) is 25.4. The third-order valence-corrected chi connectivity index (χ3v) is 5.99. The fourth-order valence-electron chi connectivity index (χ4n) is 4.32. The molecule has 0 bridgehead atoms. The van der Waals surface area contributed by atoms with Crippen LogP contribution in [0.3, 0.4) is 0 Å². The zero-order chi connectivity index (χ0) is 21.1. The van der Waals surface area contributed by atoms with E-state index in [1.54, 1.807) is 23.3 Å². The van der Waals surface area contributed by atoms with Gasteiger partial charge in [0.1, 0.15) is 5.82 Å². The number of hydrogen-bond acceptors (Lipinski definition) is 5. The molecule has 0 spiro atoms. The van der Waals surface area contributed by atoms with Gasteiger partial charge in [0.05, 0.1) is 29.5 Å². The minimum atomic E-state index is -1.60. The lowest BCUT2D eigenvalue weighted by Gasteiger charge is -2.26. The first-order valence-electron chi connectivity index (χ1n) is 9.52. The quantitative estimate of drug-likeness (QED) is 0.757. The second-order valence-electron chi connectivity index (χ2n) is 8.29. The van der Waals surface area contributed by atoms with E-state index in [1.807, 2.05) is 0 Å². The van der Waals surface area contributed by atoms with Gasteiger partial charge < -0.3 is 25.0 Å². The molecule has 7 nitrogen and oxygen atoms in total. The van der Waals surface area contributed by atoms with Gasteiger partial charge in [0.25, 0.3) is 0 Å². The minimum Gasteiger partial charge on any atom is -0.449 e. The van der Waals surface area contributed by atoms with E-state index in [-0.39, 0.29) is 23.7 Å². The molecule has 2 aromatic rings. The van der Waals surface area contributed by atoms with Crippen LogP contribution < -0.4 is 20.8 Å². The minimum absolute atomic E-state index is 0.0612. The van der Waals surface area contributed by atoms with Crippen LogP contribution >= 0.6 is 0 Å². The van der Waals surface area contributed by atoms with Crippen molar-refractivity contribution in [1.82, 2.24) is 4.57 Å². The molecule has 3 N–H and O–H groups in total. The Bertz CT molecular complexity index is 1060. The van der Waals surface area contributed by atoms with Gasteiger partial charge in [-0.1, -0.05) is 0 Å². The van der Waals surface area contributed by atoms with Crippen molar-refractivity contribution >= 4 is 22.7 Å². The molecule has 2 fully saturated rings. The summed E-state index contributed by atoms with van der Waals surface area (Å²) in [5.74, 6) is -1.40. The molecule has 2 atom stereocenters. The average molecular weight is 407 g/mol. The number of carboxylic acid groups (broad SMARTS) is 1. The standard InChI is InChI=1S/C20H23F2N3O4/c1-10-16-13(18(26)15(29-19(27)28)8-25(16)12-3-4-12)5-14(22)17(10)24-7-11(6-21)20(2,23)9-24/h5,8,11-12H,3-4,6-7,9,23H2,1-2H3,(H,27,28)/t11-,20+/m0/s1. The van der Waals surface area contributed by atoms with Crippen LogP contribution in [0.5, 0.6) is 5.75 Å². The Balaban J connectivity index is 1.92. The van der Waals surface area contributed by atoms with Crippen molar-refractivity contribution in [1.29, 1.82) is 0 Å². The first kappa shape index (κ1) is 19.6. The summed E-state index contributed by atoms with van der Waals surface area (Å²) in [5.41, 5.74) is 6.12. The van der Waals surface area contributed by atoms with Gasteiger partial charge in [0.2, 0.25) is 5.43 Å². The van der Waals surface area contributed by atoms with Gasteiger partial charge in [-0.25, -0.2) is 9.18 Å². The molecule has 0 amide bonds. The molecule has 1 aromatic heterocycles. The number of pyridine rings is 1. The van der Waals surface area contributed by atoms with Crippen molar-refractivity contribution in [2.45, 2.75) is 38.3 Å². The first-order valence-corrected chi connectivity index (χ1v) is 9.52. The molecular weight excluding hydrogens is 384 g/mol. The van der Waals surface area contributed by atoms with Gasteiger partial charge in [0.15, 0.2) is 5.75 Å². The van der Waals surface area contributed by atoms with E-state index in [0.29, 0.717) is 23.3 Å². The van der Waals surface area contributed by atoms with Crippen LogP contribution in [0.2, 0.25) is 0 Å². The molecule has 4 rings (SSSR count). The number of rotatable bonds is 4. The van der Waals surface area contributed by atoms with Crippen LogP contribution in [-0.2, 0) is 0 Å². The molecule has 1 aromatic carbocycles. The van der Waals surface area contributed by atoms with Crippen molar-refractivity contribution < 1.29 is 23.4 Å². The fraction of sp³-hybridized carbons (Fsp3) is 0.500. The van der Waals surface area contributed by atoms with Gasteiger partial charge in [-0.05, 0) is 38.3 Å². The van der Waals surface area contributed by atoms with E-state index in [9.17, 15) is 14.0 Å². The highest BCUT2D eigenvalue weighted by Crippen LogP contribution is 2.42. The Hall–Kier alpha value is -2.68. The maximum atomic E-state index is 15.2. The number of ether oxygens (including phenoxy) is 1. The number of nitrogens with two attached hydrogens (primary N) is 1. The molecule has 0 unspecified atom stereocenters. The molecule has 2 heterocycles. The number of alkyl halides is 1. The second kappa shape index (κ2) is 6.69. The number of fused-ring (bicyclic) bond motifs is 1. The largest absolute Gasteiger partial charge is 0.511 e. The average Bonchev–Trinajstić information content (AvgIpc) is 3.41. The van der Waals surface area contributed by atoms with Crippen molar-refractivity contribution in [3.05, 3.63) is 33.9 Å². The second-order valence-corrected chi connectivity index (χ2v) is 8.29. The van der Waals surface area contributed by atoms with Gasteiger partial charge >= 0.3 is 6.16 Å². The van der Waals surface area contributed by atoms with Gasteiger partial charge in [-0.2, -0.15) is 0 Å². The third-order valence-electron chi connectivity index (χ3n) is 5.99. The van der Waals surface area contributed by atoms with Gasteiger partial charge in [-0.3, -0.25) is 9.18 Å². The van der Waals surface area contributed by atoms with Crippen LogP contribution in [0, 0.1) is 18.7 Å². The lowest BCUT2D eigenvalue weighted by Crippen LogP contribution is -2.45. The van der Waals surface area contributed by atoms with Gasteiger partial charge in [-0.15, -0.1) is 0 Å². The molecule has 0 radical (unpaired) electrons. The molecule has 1 saturated carbocycles. The molecule has 2 aliphatic rings. The highest BCUT2D eigenvalue weighted by molar-refractivity contribution is 5.89. The Morgan fingerprint density at radius 3 is 2.69 bits per heavy atom. The molecule has 1 saturated heterocycles. The van der Waals surface area contributed by atoms with E-state index in [2.05, 4.69) is 4.74 Å². The summed E-state index contributed by atoms with van der Waals surface area (Å²) in [7, 11) is 0. The zero-order valence-corrected chi connectivity index (χ0v) is 16.2. The van der Waals surface area contributed by atoms with Crippen molar-refractivity contribution in [3.63, 3.8) is 0 Å². The summed E-state index contributed by atoms with van der Waals surface area (Å²) in [6.07, 6.45) is 1.51. The lowest BCUT2D eigenvalue weighted by atomic mass is 9.92. The van der Waals surface area contributed by atoms with Crippen molar-refractivity contribution in [2.24, 2.45) is 11.7 Å². The first-order chi connectivity index (χ1) is 13.6. The number of hydrogen-bond donors (Lipinski definition) is 2. The SMILES string of the molecule is Cc1c(N2C[C@H](CF)[C@](C)(N)C2)c(F)cc2c(=O)c(OC(=O)O)cn(C3CC3)c12. The number of aryl methyl sites for hydroxylation is 1. The zero-order valence-electron chi connectivity index (χ0n) is 16.2. The Labute approximate surface area is 165 Å². The molecule has 29 heavy (non-hydrogen) atoms. The van der Waals surface area contributed by atoms with E-state index >= 15 is 4.39 Å². The molecule has 1 aliphatic heterocycles. The molecule has 9 heteroatoms. The summed E-state index contributed by atoms with van der Waals surface area (Å²) in [6.45, 7) is 3.44. The summed E-state index contributed by atoms with van der Waals surface area (Å²) < 4.78 is 35.0. The number of carbonyl (C=O) groups is 1. The molecule has 1 aliphatic carbocycles. The molecular formula is C20H23F2N3O4. The number of halogens is 2. The summed E-state index contributed by atoms with van der Waals surface area (Å²) in [5, 5.41) is 8.97. The highest BCUT2D eigenvalue weighted by atomic mass is 19.1. The van der Waals surface area contributed by atoms with E-state index < -0.39 is 35.5 Å².